The third-order valence-electron chi connectivity index (χ3n) is 6.83. The molecule has 2 aromatic carbocycles. The Morgan fingerprint density at radius 2 is 1.61 bits per heavy atom. The Bertz CT molecular complexity index is 1030. The number of hydrogen-bond acceptors (Lipinski definition) is 0. The van der Waals surface area contributed by atoms with Gasteiger partial charge in [-0.1, -0.05) is 51.8 Å². The van der Waals surface area contributed by atoms with Crippen LogP contribution >= 0.6 is 0 Å². The summed E-state index contributed by atoms with van der Waals surface area (Å²) in [5.74, 6) is 0.706. The van der Waals surface area contributed by atoms with Gasteiger partial charge >= 0.3 is 0 Å². The zero-order valence-corrected chi connectivity index (χ0v) is 18.4. The monoisotopic (exact) mass is 372 g/mol. The lowest BCUT2D eigenvalue weighted by Gasteiger charge is -2.22. The zero-order chi connectivity index (χ0) is 20.1. The number of nitrogens with zero attached hydrogens (tertiary/aromatic N) is 1. The van der Waals surface area contributed by atoms with Gasteiger partial charge in [0, 0.05) is 23.1 Å². The van der Waals surface area contributed by atoms with Crippen LogP contribution in [-0.2, 0) is 12.5 Å². The van der Waals surface area contributed by atoms with Crippen LogP contribution in [0.25, 0.3) is 22.2 Å². The van der Waals surface area contributed by atoms with E-state index < -0.39 is 0 Å². The van der Waals surface area contributed by atoms with E-state index in [2.05, 4.69) is 88.7 Å². The molecule has 0 bridgehead atoms. The molecule has 3 aromatic rings. The van der Waals surface area contributed by atoms with Gasteiger partial charge in [-0.15, -0.1) is 0 Å². The normalized spacial score (nSPS) is 15.5. The van der Waals surface area contributed by atoms with Gasteiger partial charge in [-0.05, 0) is 72.4 Å². The van der Waals surface area contributed by atoms with Crippen LogP contribution in [0.3, 0.4) is 0 Å². The maximum absolute atomic E-state index is 2.51. The van der Waals surface area contributed by atoms with E-state index in [0.29, 0.717) is 5.92 Å². The molecule has 0 spiro atoms. The molecular weight excluding hydrogens is 338 g/mol. The quantitative estimate of drug-likeness (QED) is 0.431. The molecule has 0 aliphatic heterocycles. The summed E-state index contributed by atoms with van der Waals surface area (Å²) in [5, 5.41) is 1.43. The molecular formula is C27H34N+. The van der Waals surface area contributed by atoms with Gasteiger partial charge in [-0.25, -0.2) is 0 Å². The Morgan fingerprint density at radius 1 is 0.929 bits per heavy atom. The second-order valence-corrected chi connectivity index (χ2v) is 9.76. The van der Waals surface area contributed by atoms with Crippen LogP contribution in [0.2, 0.25) is 0 Å². The minimum absolute atomic E-state index is 0.150. The first kappa shape index (κ1) is 19.2. The van der Waals surface area contributed by atoms with Crippen molar-refractivity contribution in [1.29, 1.82) is 0 Å². The first-order valence-electron chi connectivity index (χ1n) is 10.8. The highest BCUT2D eigenvalue weighted by Crippen LogP contribution is 2.39. The number of rotatable bonds is 2. The van der Waals surface area contributed by atoms with Gasteiger partial charge in [0.05, 0.1) is 0 Å². The van der Waals surface area contributed by atoms with Crippen molar-refractivity contribution in [3.8, 4) is 11.3 Å². The van der Waals surface area contributed by atoms with E-state index in [0.717, 1.165) is 0 Å². The van der Waals surface area contributed by atoms with Gasteiger partial charge in [-0.3, -0.25) is 0 Å². The summed E-state index contributed by atoms with van der Waals surface area (Å²) in [6, 6.07) is 16.3. The predicted octanol–water partition coefficient (Wildman–Crippen LogP) is 6.90. The third-order valence-corrected chi connectivity index (χ3v) is 6.83. The van der Waals surface area contributed by atoms with Gasteiger partial charge in [-0.2, -0.15) is 4.57 Å². The summed E-state index contributed by atoms with van der Waals surface area (Å²) >= 11 is 0. The fourth-order valence-corrected chi connectivity index (χ4v) is 4.85. The molecule has 1 aliphatic carbocycles. The van der Waals surface area contributed by atoms with Gasteiger partial charge in [0.15, 0.2) is 0 Å². The van der Waals surface area contributed by atoms with Crippen molar-refractivity contribution in [2.45, 2.75) is 71.6 Å². The van der Waals surface area contributed by atoms with Crippen LogP contribution in [-0.4, -0.2) is 0 Å². The van der Waals surface area contributed by atoms with E-state index in [1.54, 1.807) is 5.56 Å². The molecule has 0 unspecified atom stereocenters. The number of aryl methyl sites for hydroxylation is 2. The zero-order valence-electron chi connectivity index (χ0n) is 18.4. The number of aromatic nitrogens is 1. The molecule has 0 radical (unpaired) electrons. The molecule has 146 valence electrons. The van der Waals surface area contributed by atoms with Crippen molar-refractivity contribution in [2.24, 2.45) is 7.05 Å². The van der Waals surface area contributed by atoms with Crippen molar-refractivity contribution >= 4 is 10.9 Å². The van der Waals surface area contributed by atoms with Crippen LogP contribution in [0.4, 0.5) is 0 Å². The Labute approximate surface area is 170 Å². The van der Waals surface area contributed by atoms with Crippen molar-refractivity contribution in [3.05, 3.63) is 64.7 Å². The maximum Gasteiger partial charge on any atom is 0.213 e. The second kappa shape index (κ2) is 7.03. The van der Waals surface area contributed by atoms with Crippen LogP contribution in [0.1, 0.15) is 74.6 Å². The Morgan fingerprint density at radius 3 is 2.29 bits per heavy atom. The van der Waals surface area contributed by atoms with Gasteiger partial charge < -0.3 is 0 Å². The van der Waals surface area contributed by atoms with Crippen molar-refractivity contribution in [3.63, 3.8) is 0 Å². The molecule has 1 aliphatic rings. The lowest BCUT2D eigenvalue weighted by molar-refractivity contribution is -0.633. The first-order valence-corrected chi connectivity index (χ1v) is 10.8. The number of hydrogen-bond donors (Lipinski definition) is 0. The predicted molar refractivity (Wildman–Crippen MR) is 120 cm³/mol. The van der Waals surface area contributed by atoms with E-state index >= 15 is 0 Å². The molecule has 1 heterocycles. The SMILES string of the molecule is Cc1cc(C(C)(C)C)cc(-c2cc(C3CCCC3)c3ccccc3[n+]2C)c1C. The molecule has 1 aromatic heterocycles. The molecule has 1 saturated carbocycles. The largest absolute Gasteiger partial charge is 0.213 e. The minimum Gasteiger partial charge on any atom is -0.194 e. The Balaban J connectivity index is 2.02. The molecule has 1 nitrogen and oxygen atoms in total. The molecule has 28 heavy (non-hydrogen) atoms. The van der Waals surface area contributed by atoms with Gasteiger partial charge in [0.25, 0.3) is 0 Å². The van der Waals surface area contributed by atoms with E-state index in [1.165, 1.54) is 64.5 Å². The van der Waals surface area contributed by atoms with Gasteiger partial charge in [0.2, 0.25) is 11.2 Å². The fraction of sp³-hybridized carbons (Fsp3) is 0.444. The summed E-state index contributed by atoms with van der Waals surface area (Å²) in [4.78, 5) is 0. The summed E-state index contributed by atoms with van der Waals surface area (Å²) < 4.78 is 2.40. The fourth-order valence-electron chi connectivity index (χ4n) is 4.85. The average molecular weight is 373 g/mol. The van der Waals surface area contributed by atoms with E-state index in [4.69, 9.17) is 0 Å². The minimum atomic E-state index is 0.150. The van der Waals surface area contributed by atoms with Crippen molar-refractivity contribution in [2.75, 3.05) is 0 Å². The Kier molecular flexibility index (Phi) is 4.81. The van der Waals surface area contributed by atoms with Crippen molar-refractivity contribution in [1.82, 2.24) is 0 Å². The van der Waals surface area contributed by atoms with E-state index in [1.807, 2.05) is 0 Å². The number of para-hydroxylation sites is 1. The van der Waals surface area contributed by atoms with Crippen LogP contribution in [0, 0.1) is 13.8 Å². The number of benzene rings is 2. The maximum atomic E-state index is 2.51. The first-order chi connectivity index (χ1) is 13.3. The third kappa shape index (κ3) is 3.26. The highest BCUT2D eigenvalue weighted by Gasteiger charge is 2.27. The summed E-state index contributed by atoms with van der Waals surface area (Å²) in [7, 11) is 2.23. The molecule has 0 amide bonds. The average Bonchev–Trinajstić information content (AvgIpc) is 3.18. The highest BCUT2D eigenvalue weighted by atomic mass is 14.9. The summed E-state index contributed by atoms with van der Waals surface area (Å²) in [6.07, 6.45) is 5.40. The van der Waals surface area contributed by atoms with Crippen LogP contribution in [0.15, 0.2) is 42.5 Å². The van der Waals surface area contributed by atoms with Crippen LogP contribution < -0.4 is 4.57 Å². The lowest BCUT2D eigenvalue weighted by Crippen LogP contribution is -2.33. The van der Waals surface area contributed by atoms with Crippen molar-refractivity contribution < 1.29 is 4.57 Å². The second-order valence-electron chi connectivity index (χ2n) is 9.76. The highest BCUT2D eigenvalue weighted by molar-refractivity contribution is 5.82. The number of fused-ring (bicyclic) bond motifs is 1. The lowest BCUT2D eigenvalue weighted by atomic mass is 9.82. The molecule has 0 N–H and O–H groups in total. The molecule has 0 atom stereocenters. The van der Waals surface area contributed by atoms with E-state index in [9.17, 15) is 0 Å². The smallest absolute Gasteiger partial charge is 0.194 e. The topological polar surface area (TPSA) is 3.88 Å². The van der Waals surface area contributed by atoms with Crippen LogP contribution in [0.5, 0.6) is 0 Å². The molecule has 1 fully saturated rings. The molecule has 0 saturated heterocycles. The summed E-state index contributed by atoms with van der Waals surface area (Å²) in [5.41, 5.74) is 10.00. The molecule has 4 rings (SSSR count). The Hall–Kier alpha value is -2.15. The number of pyridine rings is 1. The standard InChI is InChI=1S/C27H34N/c1-18-15-21(27(3,4)5)16-23(19(18)2)26-17-24(20-11-7-8-12-20)22-13-9-10-14-25(22)28(26)6/h9-10,13-17,20H,7-8,11-12H2,1-6H3/q+1. The molecule has 1 heteroatoms. The summed E-state index contributed by atoms with van der Waals surface area (Å²) in [6.45, 7) is 11.5. The van der Waals surface area contributed by atoms with Gasteiger partial charge in [0.1, 0.15) is 7.05 Å². The van der Waals surface area contributed by atoms with E-state index in [-0.39, 0.29) is 5.41 Å².